The van der Waals surface area contributed by atoms with Crippen LogP contribution in [0, 0.1) is 0 Å². The number of ether oxygens (including phenoxy) is 1. The molecule has 0 aliphatic heterocycles. The second kappa shape index (κ2) is 13.4. The van der Waals surface area contributed by atoms with Crippen molar-refractivity contribution < 1.29 is 9.53 Å². The minimum Gasteiger partial charge on any atom is -0.494 e. The first-order chi connectivity index (χ1) is 13.8. The van der Waals surface area contributed by atoms with Crippen LogP contribution in [0.15, 0.2) is 54.6 Å². The van der Waals surface area contributed by atoms with Gasteiger partial charge in [-0.25, -0.2) is 0 Å². The van der Waals surface area contributed by atoms with Gasteiger partial charge in [0.2, 0.25) is 0 Å². The van der Waals surface area contributed by atoms with Crippen LogP contribution in [0.2, 0.25) is 0 Å². The van der Waals surface area contributed by atoms with Gasteiger partial charge in [0.1, 0.15) is 5.75 Å². The van der Waals surface area contributed by atoms with E-state index in [1.54, 1.807) is 0 Å². The molecule has 0 saturated heterocycles. The SMILES string of the molecule is CCC(C(=O)c1ccc(OCCCCCCCCCCl)cc1)c1ccccc1. The first kappa shape index (κ1) is 22.5. The molecule has 2 aromatic rings. The molecule has 0 spiro atoms. The molecule has 1 atom stereocenters. The van der Waals surface area contributed by atoms with Gasteiger partial charge in [-0.1, -0.05) is 69.4 Å². The number of alkyl halides is 1. The number of unbranched alkanes of at least 4 members (excludes halogenated alkanes) is 6. The highest BCUT2D eigenvalue weighted by Crippen LogP contribution is 2.25. The topological polar surface area (TPSA) is 26.3 Å². The third-order valence-corrected chi connectivity index (χ3v) is 5.38. The highest BCUT2D eigenvalue weighted by atomic mass is 35.5. The molecule has 152 valence electrons. The minimum absolute atomic E-state index is 0.0857. The Kier molecular flexibility index (Phi) is 10.8. The molecule has 0 amide bonds. The fourth-order valence-electron chi connectivity index (χ4n) is 3.44. The van der Waals surface area contributed by atoms with Gasteiger partial charge in [-0.3, -0.25) is 4.79 Å². The maximum atomic E-state index is 12.9. The molecular weight excluding hydrogens is 368 g/mol. The molecule has 2 aromatic carbocycles. The Morgan fingerprint density at radius 2 is 1.46 bits per heavy atom. The van der Waals surface area contributed by atoms with Crippen molar-refractivity contribution in [2.24, 2.45) is 0 Å². The van der Waals surface area contributed by atoms with Crippen molar-refractivity contribution in [2.45, 2.75) is 64.2 Å². The monoisotopic (exact) mass is 400 g/mol. The average Bonchev–Trinajstić information content (AvgIpc) is 2.74. The Bertz CT molecular complexity index is 667. The second-order valence-corrected chi connectivity index (χ2v) is 7.65. The summed E-state index contributed by atoms with van der Waals surface area (Å²) in [5.41, 5.74) is 1.83. The first-order valence-corrected chi connectivity index (χ1v) is 11.2. The molecule has 0 aliphatic carbocycles. The number of hydrogen-bond donors (Lipinski definition) is 0. The van der Waals surface area contributed by atoms with Gasteiger partial charge >= 0.3 is 0 Å². The minimum atomic E-state index is -0.0857. The standard InChI is InChI=1S/C25H33ClO2/c1-2-24(21-13-9-8-10-14-21)25(27)22-15-17-23(18-16-22)28-20-12-7-5-3-4-6-11-19-26/h8-10,13-18,24H,2-7,11-12,19-20H2,1H3. The van der Waals surface area contributed by atoms with Crippen LogP contribution in [0.3, 0.4) is 0 Å². The molecule has 0 heterocycles. The van der Waals surface area contributed by atoms with Crippen molar-refractivity contribution in [3.05, 3.63) is 65.7 Å². The summed E-state index contributed by atoms with van der Waals surface area (Å²) in [6, 6.07) is 17.6. The molecule has 1 unspecified atom stereocenters. The third kappa shape index (κ3) is 7.67. The van der Waals surface area contributed by atoms with E-state index in [0.717, 1.165) is 48.6 Å². The molecule has 2 rings (SSSR count). The maximum absolute atomic E-state index is 12.9. The first-order valence-electron chi connectivity index (χ1n) is 10.6. The van der Waals surface area contributed by atoms with Crippen molar-refractivity contribution in [1.82, 2.24) is 0 Å². The molecule has 0 aliphatic rings. The Morgan fingerprint density at radius 1 is 0.857 bits per heavy atom. The van der Waals surface area contributed by atoms with Crippen LogP contribution in [-0.2, 0) is 0 Å². The fraction of sp³-hybridized carbons (Fsp3) is 0.480. The second-order valence-electron chi connectivity index (χ2n) is 7.27. The van der Waals surface area contributed by atoms with Crippen LogP contribution in [0.4, 0.5) is 0 Å². The van der Waals surface area contributed by atoms with E-state index in [4.69, 9.17) is 16.3 Å². The Morgan fingerprint density at radius 3 is 2.07 bits per heavy atom. The fourth-order valence-corrected chi connectivity index (χ4v) is 3.63. The molecule has 0 fully saturated rings. The Balaban J connectivity index is 1.73. The van der Waals surface area contributed by atoms with E-state index < -0.39 is 0 Å². The summed E-state index contributed by atoms with van der Waals surface area (Å²) in [4.78, 5) is 12.9. The molecule has 2 nitrogen and oxygen atoms in total. The normalized spacial score (nSPS) is 11.9. The van der Waals surface area contributed by atoms with Crippen LogP contribution in [0.25, 0.3) is 0 Å². The van der Waals surface area contributed by atoms with Gasteiger partial charge in [0.25, 0.3) is 0 Å². The molecule has 0 bridgehead atoms. The van der Waals surface area contributed by atoms with Crippen molar-refractivity contribution >= 4 is 17.4 Å². The number of halogens is 1. The van der Waals surface area contributed by atoms with Crippen LogP contribution >= 0.6 is 11.6 Å². The van der Waals surface area contributed by atoms with Gasteiger partial charge in [-0.15, -0.1) is 11.6 Å². The lowest BCUT2D eigenvalue weighted by atomic mass is 9.89. The van der Waals surface area contributed by atoms with Gasteiger partial charge in [0.15, 0.2) is 5.78 Å². The zero-order chi connectivity index (χ0) is 20.0. The summed E-state index contributed by atoms with van der Waals surface area (Å²) < 4.78 is 5.83. The smallest absolute Gasteiger partial charge is 0.170 e. The summed E-state index contributed by atoms with van der Waals surface area (Å²) in [6.45, 7) is 2.79. The van der Waals surface area contributed by atoms with E-state index in [9.17, 15) is 4.79 Å². The van der Waals surface area contributed by atoms with E-state index in [1.807, 2.05) is 54.6 Å². The van der Waals surface area contributed by atoms with Crippen molar-refractivity contribution in [2.75, 3.05) is 12.5 Å². The summed E-state index contributed by atoms with van der Waals surface area (Å²) in [6.07, 6.45) is 9.28. The number of rotatable bonds is 14. The molecule has 0 aromatic heterocycles. The molecule has 0 N–H and O–H groups in total. The van der Waals surface area contributed by atoms with Gasteiger partial charge < -0.3 is 4.74 Å². The number of benzene rings is 2. The number of ketones is 1. The zero-order valence-corrected chi connectivity index (χ0v) is 17.8. The number of Topliss-reactive ketones (excluding diaryl/α,β-unsaturated/α-hetero) is 1. The van der Waals surface area contributed by atoms with Crippen molar-refractivity contribution in [3.63, 3.8) is 0 Å². The summed E-state index contributed by atoms with van der Waals surface area (Å²) >= 11 is 5.68. The van der Waals surface area contributed by atoms with E-state index in [1.165, 1.54) is 32.1 Å². The van der Waals surface area contributed by atoms with E-state index in [2.05, 4.69) is 6.92 Å². The van der Waals surface area contributed by atoms with Gasteiger partial charge in [-0.05, 0) is 49.1 Å². The molecule has 0 radical (unpaired) electrons. The summed E-state index contributed by atoms with van der Waals surface area (Å²) in [5, 5.41) is 0. The lowest BCUT2D eigenvalue weighted by Gasteiger charge is -2.14. The lowest BCUT2D eigenvalue weighted by Crippen LogP contribution is -2.12. The number of hydrogen-bond acceptors (Lipinski definition) is 2. The molecular formula is C25H33ClO2. The average molecular weight is 401 g/mol. The van der Waals surface area contributed by atoms with Gasteiger partial charge in [0.05, 0.1) is 6.61 Å². The van der Waals surface area contributed by atoms with Crippen LogP contribution < -0.4 is 4.74 Å². The maximum Gasteiger partial charge on any atom is 0.170 e. The predicted octanol–water partition coefficient (Wildman–Crippen LogP) is 7.41. The number of carbonyl (C=O) groups is 1. The Labute approximate surface area is 175 Å². The molecule has 0 saturated carbocycles. The van der Waals surface area contributed by atoms with Crippen LogP contribution in [-0.4, -0.2) is 18.3 Å². The highest BCUT2D eigenvalue weighted by Gasteiger charge is 2.19. The Hall–Kier alpha value is -1.80. The summed E-state index contributed by atoms with van der Waals surface area (Å²) in [7, 11) is 0. The largest absolute Gasteiger partial charge is 0.494 e. The van der Waals surface area contributed by atoms with E-state index >= 15 is 0 Å². The molecule has 28 heavy (non-hydrogen) atoms. The van der Waals surface area contributed by atoms with Crippen molar-refractivity contribution in [3.8, 4) is 5.75 Å². The van der Waals surface area contributed by atoms with Crippen LogP contribution in [0.5, 0.6) is 5.75 Å². The van der Waals surface area contributed by atoms with Gasteiger partial charge in [-0.2, -0.15) is 0 Å². The highest BCUT2D eigenvalue weighted by molar-refractivity contribution is 6.17. The predicted molar refractivity (Wildman–Crippen MR) is 119 cm³/mol. The summed E-state index contributed by atoms with van der Waals surface area (Å²) in [5.74, 6) is 1.71. The van der Waals surface area contributed by atoms with Crippen molar-refractivity contribution in [1.29, 1.82) is 0 Å². The third-order valence-electron chi connectivity index (χ3n) is 5.11. The lowest BCUT2D eigenvalue weighted by molar-refractivity contribution is 0.0957. The van der Waals surface area contributed by atoms with Crippen LogP contribution in [0.1, 0.15) is 80.1 Å². The number of carbonyl (C=O) groups excluding carboxylic acids is 1. The van der Waals surface area contributed by atoms with E-state index in [-0.39, 0.29) is 11.7 Å². The molecule has 3 heteroatoms. The van der Waals surface area contributed by atoms with Gasteiger partial charge in [0, 0.05) is 17.4 Å². The quantitative estimate of drug-likeness (QED) is 0.187. The van der Waals surface area contributed by atoms with E-state index in [0.29, 0.717) is 0 Å². The zero-order valence-electron chi connectivity index (χ0n) is 17.0.